The third-order valence-electron chi connectivity index (χ3n) is 3.04. The summed E-state index contributed by atoms with van der Waals surface area (Å²) >= 11 is 1.50. The van der Waals surface area contributed by atoms with Crippen molar-refractivity contribution in [3.63, 3.8) is 0 Å². The maximum Gasteiger partial charge on any atom is 0.241 e. The van der Waals surface area contributed by atoms with Crippen molar-refractivity contribution >= 4 is 21.4 Å². The van der Waals surface area contributed by atoms with Crippen molar-refractivity contribution < 1.29 is 13.2 Å². The van der Waals surface area contributed by atoms with Crippen LogP contribution < -0.4 is 10.0 Å². The third kappa shape index (κ3) is 6.04. The summed E-state index contributed by atoms with van der Waals surface area (Å²) in [7, 11) is -1.78. The van der Waals surface area contributed by atoms with E-state index in [0.717, 1.165) is 36.2 Å². The number of ether oxygens (including phenoxy) is 1. The lowest BCUT2D eigenvalue weighted by atomic mass is 10.3. The van der Waals surface area contributed by atoms with Crippen LogP contribution in [0.5, 0.6) is 0 Å². The first kappa shape index (κ1) is 18.6. The Morgan fingerprint density at radius 1 is 1.29 bits per heavy atom. The van der Waals surface area contributed by atoms with Crippen LogP contribution in [0.3, 0.4) is 0 Å². The highest BCUT2D eigenvalue weighted by Gasteiger charge is 2.22. The van der Waals surface area contributed by atoms with Gasteiger partial charge in [0.1, 0.15) is 4.90 Å². The molecule has 21 heavy (non-hydrogen) atoms. The van der Waals surface area contributed by atoms with Gasteiger partial charge in [-0.25, -0.2) is 13.1 Å². The lowest BCUT2D eigenvalue weighted by molar-refractivity contribution is 0.193. The van der Waals surface area contributed by atoms with Gasteiger partial charge in [0.15, 0.2) is 0 Å². The van der Waals surface area contributed by atoms with Crippen molar-refractivity contribution in [1.82, 2.24) is 10.0 Å². The van der Waals surface area contributed by atoms with Crippen LogP contribution in [-0.4, -0.2) is 35.2 Å². The van der Waals surface area contributed by atoms with Gasteiger partial charge in [-0.05, 0) is 43.7 Å². The molecule has 0 aliphatic carbocycles. The minimum Gasteiger partial charge on any atom is -0.385 e. The quantitative estimate of drug-likeness (QED) is 0.609. The second-order valence-corrected chi connectivity index (χ2v) is 7.61. The molecule has 122 valence electrons. The first-order chi connectivity index (χ1) is 10.0. The van der Waals surface area contributed by atoms with Gasteiger partial charge in [0.2, 0.25) is 10.0 Å². The molecule has 0 saturated carbocycles. The molecule has 0 fully saturated rings. The zero-order valence-corrected chi connectivity index (χ0v) is 14.7. The van der Waals surface area contributed by atoms with E-state index in [2.05, 4.69) is 17.0 Å². The highest BCUT2D eigenvalue weighted by Crippen LogP contribution is 2.26. The van der Waals surface area contributed by atoms with Crippen molar-refractivity contribution in [3.05, 3.63) is 15.8 Å². The van der Waals surface area contributed by atoms with E-state index in [1.165, 1.54) is 11.3 Å². The normalized spacial score (nSPS) is 12.0. The number of unbranched alkanes of at least 4 members (excludes halogenated alkanes) is 1. The molecule has 5 nitrogen and oxygen atoms in total. The molecule has 0 radical (unpaired) electrons. The van der Waals surface area contributed by atoms with E-state index < -0.39 is 10.0 Å². The Hall–Kier alpha value is -0.470. The number of hydrogen-bond acceptors (Lipinski definition) is 5. The SMILES string of the molecule is CCCNCc1scc(C)c1S(=O)(=O)NCCCCOC. The maximum atomic E-state index is 12.4. The summed E-state index contributed by atoms with van der Waals surface area (Å²) in [6.07, 6.45) is 2.66. The lowest BCUT2D eigenvalue weighted by Crippen LogP contribution is -2.27. The molecule has 0 unspecified atom stereocenters. The number of methoxy groups -OCH3 is 1. The van der Waals surface area contributed by atoms with Crippen LogP contribution in [0.25, 0.3) is 0 Å². The van der Waals surface area contributed by atoms with Gasteiger partial charge in [0.05, 0.1) is 0 Å². The molecule has 1 heterocycles. The Morgan fingerprint density at radius 3 is 2.71 bits per heavy atom. The van der Waals surface area contributed by atoms with Crippen LogP contribution in [0.2, 0.25) is 0 Å². The Kier molecular flexibility index (Phi) is 8.43. The number of hydrogen-bond donors (Lipinski definition) is 2. The largest absolute Gasteiger partial charge is 0.385 e. The van der Waals surface area contributed by atoms with Gasteiger partial charge in [-0.3, -0.25) is 0 Å². The Bertz CT molecular complexity index is 512. The lowest BCUT2D eigenvalue weighted by Gasteiger charge is -2.09. The zero-order valence-electron chi connectivity index (χ0n) is 13.1. The van der Waals surface area contributed by atoms with E-state index >= 15 is 0 Å². The van der Waals surface area contributed by atoms with Gasteiger partial charge < -0.3 is 10.1 Å². The van der Waals surface area contributed by atoms with Crippen molar-refractivity contribution in [2.24, 2.45) is 0 Å². The molecule has 0 atom stereocenters. The fraction of sp³-hybridized carbons (Fsp3) is 0.714. The van der Waals surface area contributed by atoms with Gasteiger partial charge in [0.25, 0.3) is 0 Å². The van der Waals surface area contributed by atoms with Crippen molar-refractivity contribution in [2.45, 2.75) is 44.6 Å². The van der Waals surface area contributed by atoms with E-state index in [4.69, 9.17) is 4.74 Å². The molecule has 0 bridgehead atoms. The predicted molar refractivity (Wildman–Crippen MR) is 87.4 cm³/mol. The molecule has 2 N–H and O–H groups in total. The van der Waals surface area contributed by atoms with Crippen LogP contribution in [-0.2, 0) is 21.3 Å². The smallest absolute Gasteiger partial charge is 0.241 e. The summed E-state index contributed by atoms with van der Waals surface area (Å²) in [5, 5.41) is 5.17. The molecule has 0 aromatic carbocycles. The Morgan fingerprint density at radius 2 is 2.05 bits per heavy atom. The van der Waals surface area contributed by atoms with Gasteiger partial charge in [-0.1, -0.05) is 6.92 Å². The second-order valence-electron chi connectivity index (χ2n) is 4.95. The summed E-state index contributed by atoms with van der Waals surface area (Å²) in [4.78, 5) is 1.33. The number of sulfonamides is 1. The average molecular weight is 335 g/mol. The van der Waals surface area contributed by atoms with Gasteiger partial charge in [-0.15, -0.1) is 11.3 Å². The third-order valence-corrected chi connectivity index (χ3v) is 5.96. The van der Waals surface area contributed by atoms with E-state index in [1.54, 1.807) is 7.11 Å². The molecule has 0 amide bonds. The van der Waals surface area contributed by atoms with Crippen LogP contribution in [0, 0.1) is 6.92 Å². The van der Waals surface area contributed by atoms with E-state index in [-0.39, 0.29) is 0 Å². The first-order valence-electron chi connectivity index (χ1n) is 7.29. The van der Waals surface area contributed by atoms with Crippen molar-refractivity contribution in [1.29, 1.82) is 0 Å². The van der Waals surface area contributed by atoms with Crippen LogP contribution in [0.4, 0.5) is 0 Å². The summed E-state index contributed by atoms with van der Waals surface area (Å²) in [5.74, 6) is 0. The Balaban J connectivity index is 2.66. The first-order valence-corrected chi connectivity index (χ1v) is 9.65. The fourth-order valence-corrected chi connectivity index (χ4v) is 4.85. The summed E-state index contributed by atoms with van der Waals surface area (Å²) < 4.78 is 32.5. The average Bonchev–Trinajstić information content (AvgIpc) is 2.81. The van der Waals surface area contributed by atoms with Gasteiger partial charge >= 0.3 is 0 Å². The molecule has 0 spiro atoms. The molecule has 0 aliphatic rings. The van der Waals surface area contributed by atoms with Crippen molar-refractivity contribution in [3.8, 4) is 0 Å². The Labute approximate surface area is 132 Å². The zero-order chi connectivity index (χ0) is 15.7. The van der Waals surface area contributed by atoms with Crippen molar-refractivity contribution in [2.75, 3.05) is 26.8 Å². The maximum absolute atomic E-state index is 12.4. The van der Waals surface area contributed by atoms with Gasteiger partial charge in [0, 0.05) is 31.7 Å². The molecular weight excluding hydrogens is 308 g/mol. The molecule has 1 rings (SSSR count). The molecule has 7 heteroatoms. The molecule has 0 saturated heterocycles. The number of aryl methyl sites for hydroxylation is 1. The standard InChI is InChI=1S/C14H26N2O3S2/c1-4-7-15-10-13-14(12(2)11-20-13)21(17,18)16-8-5-6-9-19-3/h11,15-16H,4-10H2,1-3H3. The summed E-state index contributed by atoms with van der Waals surface area (Å²) in [6.45, 7) is 6.53. The van der Waals surface area contributed by atoms with Crippen LogP contribution in [0.1, 0.15) is 36.6 Å². The summed E-state index contributed by atoms with van der Waals surface area (Å²) in [6, 6.07) is 0. The predicted octanol–water partition coefficient (Wildman–Crippen LogP) is 2.26. The number of thiophene rings is 1. The molecule has 0 aliphatic heterocycles. The molecule has 1 aromatic rings. The van der Waals surface area contributed by atoms with E-state index in [0.29, 0.717) is 24.6 Å². The number of rotatable bonds is 11. The molecular formula is C14H26N2O3S2. The van der Waals surface area contributed by atoms with E-state index in [1.807, 2.05) is 12.3 Å². The second kappa shape index (κ2) is 9.53. The van der Waals surface area contributed by atoms with Gasteiger partial charge in [-0.2, -0.15) is 0 Å². The number of nitrogens with one attached hydrogen (secondary N) is 2. The molecule has 1 aromatic heterocycles. The van der Waals surface area contributed by atoms with E-state index in [9.17, 15) is 8.42 Å². The fourth-order valence-electron chi connectivity index (χ4n) is 2.00. The minimum atomic E-state index is -3.42. The minimum absolute atomic E-state index is 0.447. The monoisotopic (exact) mass is 334 g/mol. The topological polar surface area (TPSA) is 67.4 Å². The highest BCUT2D eigenvalue weighted by molar-refractivity contribution is 7.89. The van der Waals surface area contributed by atoms with Crippen LogP contribution >= 0.6 is 11.3 Å². The van der Waals surface area contributed by atoms with Crippen LogP contribution in [0.15, 0.2) is 10.3 Å². The highest BCUT2D eigenvalue weighted by atomic mass is 32.2. The summed E-state index contributed by atoms with van der Waals surface area (Å²) in [5.41, 5.74) is 0.817.